The SMILES string of the molecule is CC1(NC(=O)C2(C(N)=S)CCCCC2)CCOC1. The van der Waals surface area contributed by atoms with Gasteiger partial charge in [-0.15, -0.1) is 0 Å². The smallest absolute Gasteiger partial charge is 0.233 e. The second-order valence-electron chi connectivity index (χ2n) is 5.82. The Balaban J connectivity index is 2.11. The van der Waals surface area contributed by atoms with Crippen LogP contribution < -0.4 is 11.1 Å². The summed E-state index contributed by atoms with van der Waals surface area (Å²) in [5.41, 5.74) is 4.98. The zero-order valence-electron chi connectivity index (χ0n) is 11.0. The van der Waals surface area contributed by atoms with Crippen LogP contribution in [-0.4, -0.2) is 29.6 Å². The number of carbonyl (C=O) groups is 1. The van der Waals surface area contributed by atoms with E-state index in [1.165, 1.54) is 0 Å². The third kappa shape index (κ3) is 2.52. The Morgan fingerprint density at radius 1 is 1.28 bits per heavy atom. The maximum atomic E-state index is 12.6. The van der Waals surface area contributed by atoms with E-state index >= 15 is 0 Å². The second kappa shape index (κ2) is 5.13. The lowest BCUT2D eigenvalue weighted by atomic mass is 9.72. The summed E-state index contributed by atoms with van der Waals surface area (Å²) in [4.78, 5) is 12.9. The molecule has 1 saturated heterocycles. The minimum atomic E-state index is -0.626. The molecular formula is C13H22N2O2S. The van der Waals surface area contributed by atoms with Crippen molar-refractivity contribution in [2.24, 2.45) is 11.1 Å². The Morgan fingerprint density at radius 3 is 2.44 bits per heavy atom. The van der Waals surface area contributed by atoms with Crippen molar-refractivity contribution < 1.29 is 9.53 Å². The number of amides is 1. The van der Waals surface area contributed by atoms with Crippen molar-refractivity contribution in [3.63, 3.8) is 0 Å². The summed E-state index contributed by atoms with van der Waals surface area (Å²) < 4.78 is 5.36. The summed E-state index contributed by atoms with van der Waals surface area (Å²) >= 11 is 5.17. The third-order valence-electron chi connectivity index (χ3n) is 4.25. The van der Waals surface area contributed by atoms with Crippen LogP contribution in [0.3, 0.4) is 0 Å². The van der Waals surface area contributed by atoms with E-state index in [1.807, 2.05) is 6.92 Å². The van der Waals surface area contributed by atoms with Gasteiger partial charge in [0.25, 0.3) is 0 Å². The molecule has 0 aromatic carbocycles. The van der Waals surface area contributed by atoms with Gasteiger partial charge >= 0.3 is 0 Å². The minimum Gasteiger partial charge on any atom is -0.392 e. The number of hydrogen-bond donors (Lipinski definition) is 2. The topological polar surface area (TPSA) is 64.4 Å². The molecule has 1 saturated carbocycles. The van der Waals surface area contributed by atoms with Crippen molar-refractivity contribution in [1.29, 1.82) is 0 Å². The zero-order valence-corrected chi connectivity index (χ0v) is 11.8. The van der Waals surface area contributed by atoms with Gasteiger partial charge in [-0.1, -0.05) is 31.5 Å². The lowest BCUT2D eigenvalue weighted by Crippen LogP contribution is -2.56. The number of hydrogen-bond acceptors (Lipinski definition) is 3. The first-order chi connectivity index (χ1) is 8.49. The molecule has 1 aliphatic carbocycles. The Morgan fingerprint density at radius 2 is 1.94 bits per heavy atom. The van der Waals surface area contributed by atoms with Crippen molar-refractivity contribution in [3.8, 4) is 0 Å². The summed E-state index contributed by atoms with van der Waals surface area (Å²) in [5.74, 6) is 0.00250. The molecule has 1 amide bonds. The largest absolute Gasteiger partial charge is 0.392 e. The van der Waals surface area contributed by atoms with E-state index in [-0.39, 0.29) is 11.4 Å². The van der Waals surface area contributed by atoms with Gasteiger partial charge in [0, 0.05) is 6.61 Å². The second-order valence-corrected chi connectivity index (χ2v) is 6.26. The monoisotopic (exact) mass is 270 g/mol. The summed E-state index contributed by atoms with van der Waals surface area (Å²) in [6.45, 7) is 3.30. The van der Waals surface area contributed by atoms with Gasteiger partial charge in [-0.05, 0) is 26.2 Å². The summed E-state index contributed by atoms with van der Waals surface area (Å²) in [6.07, 6.45) is 5.64. The lowest BCUT2D eigenvalue weighted by molar-refractivity contribution is -0.130. The fourth-order valence-electron chi connectivity index (χ4n) is 2.90. The lowest BCUT2D eigenvalue weighted by Gasteiger charge is -2.37. The average molecular weight is 270 g/mol. The summed E-state index contributed by atoms with van der Waals surface area (Å²) in [5, 5.41) is 3.12. The highest BCUT2D eigenvalue weighted by Crippen LogP contribution is 2.37. The van der Waals surface area contributed by atoms with E-state index in [0.717, 1.165) is 38.5 Å². The van der Waals surface area contributed by atoms with E-state index in [1.54, 1.807) is 0 Å². The zero-order chi connectivity index (χ0) is 13.2. The average Bonchev–Trinajstić information content (AvgIpc) is 2.76. The predicted octanol–water partition coefficient (Wildman–Crippen LogP) is 1.52. The molecule has 3 N–H and O–H groups in total. The van der Waals surface area contributed by atoms with Gasteiger partial charge in [-0.25, -0.2) is 0 Å². The molecule has 0 spiro atoms. The van der Waals surface area contributed by atoms with Crippen LogP contribution in [0.5, 0.6) is 0 Å². The van der Waals surface area contributed by atoms with Crippen LogP contribution in [0, 0.1) is 5.41 Å². The Bertz CT molecular complexity index is 345. The Labute approximate surface area is 114 Å². The van der Waals surface area contributed by atoms with Gasteiger partial charge < -0.3 is 15.8 Å². The number of carbonyl (C=O) groups excluding carboxylic acids is 1. The molecule has 1 heterocycles. The van der Waals surface area contributed by atoms with E-state index < -0.39 is 5.41 Å². The van der Waals surface area contributed by atoms with Gasteiger partial charge in [0.05, 0.1) is 22.5 Å². The standard InChI is InChI=1S/C13H22N2O2S/c1-12(7-8-17-9-12)15-11(16)13(10(14)18)5-3-2-4-6-13/h2-9H2,1H3,(H2,14,18)(H,15,16). The van der Waals surface area contributed by atoms with E-state index in [9.17, 15) is 4.79 Å². The maximum Gasteiger partial charge on any atom is 0.233 e. The quantitative estimate of drug-likeness (QED) is 0.763. The normalized spacial score (nSPS) is 30.9. The molecule has 1 unspecified atom stereocenters. The Kier molecular flexibility index (Phi) is 3.92. The number of nitrogens with one attached hydrogen (secondary N) is 1. The van der Waals surface area contributed by atoms with Crippen molar-refractivity contribution in [2.75, 3.05) is 13.2 Å². The highest BCUT2D eigenvalue weighted by atomic mass is 32.1. The van der Waals surface area contributed by atoms with E-state index in [4.69, 9.17) is 22.7 Å². The third-order valence-corrected chi connectivity index (χ3v) is 4.64. The van der Waals surface area contributed by atoms with Crippen LogP contribution in [0.4, 0.5) is 0 Å². The molecule has 102 valence electrons. The van der Waals surface area contributed by atoms with Crippen LogP contribution in [0.15, 0.2) is 0 Å². The fourth-order valence-corrected chi connectivity index (χ4v) is 3.20. The number of nitrogens with two attached hydrogens (primary N) is 1. The molecule has 0 aromatic heterocycles. The van der Waals surface area contributed by atoms with Crippen molar-refractivity contribution in [3.05, 3.63) is 0 Å². The molecule has 2 aliphatic rings. The molecule has 0 aromatic rings. The van der Waals surface area contributed by atoms with Gasteiger partial charge in [0.1, 0.15) is 0 Å². The van der Waals surface area contributed by atoms with Crippen LogP contribution in [0.25, 0.3) is 0 Å². The first-order valence-corrected chi connectivity index (χ1v) is 7.10. The molecule has 0 bridgehead atoms. The van der Waals surface area contributed by atoms with Crippen molar-refractivity contribution >= 4 is 23.1 Å². The molecule has 18 heavy (non-hydrogen) atoms. The number of rotatable bonds is 3. The molecule has 0 radical (unpaired) electrons. The van der Waals surface area contributed by atoms with Crippen LogP contribution in [-0.2, 0) is 9.53 Å². The van der Waals surface area contributed by atoms with Crippen LogP contribution in [0.2, 0.25) is 0 Å². The van der Waals surface area contributed by atoms with Gasteiger partial charge in [0.2, 0.25) is 5.91 Å². The molecule has 2 rings (SSSR count). The van der Waals surface area contributed by atoms with Crippen LogP contribution in [0.1, 0.15) is 45.4 Å². The van der Waals surface area contributed by atoms with Gasteiger partial charge in [-0.2, -0.15) is 0 Å². The van der Waals surface area contributed by atoms with Crippen LogP contribution >= 0.6 is 12.2 Å². The first-order valence-electron chi connectivity index (χ1n) is 6.69. The molecular weight excluding hydrogens is 248 g/mol. The summed E-state index contributed by atoms with van der Waals surface area (Å²) in [6, 6.07) is 0. The molecule has 1 atom stereocenters. The number of ether oxygens (including phenoxy) is 1. The molecule has 2 fully saturated rings. The van der Waals surface area contributed by atoms with E-state index in [0.29, 0.717) is 18.2 Å². The molecule has 4 nitrogen and oxygen atoms in total. The maximum absolute atomic E-state index is 12.6. The Hall–Kier alpha value is -0.680. The predicted molar refractivity (Wildman–Crippen MR) is 74.3 cm³/mol. The summed E-state index contributed by atoms with van der Waals surface area (Å²) in [7, 11) is 0. The van der Waals surface area contributed by atoms with E-state index in [2.05, 4.69) is 5.32 Å². The molecule has 1 aliphatic heterocycles. The highest BCUT2D eigenvalue weighted by Gasteiger charge is 2.45. The van der Waals surface area contributed by atoms with Gasteiger partial charge in [0.15, 0.2) is 0 Å². The first kappa shape index (κ1) is 13.7. The van der Waals surface area contributed by atoms with Crippen molar-refractivity contribution in [2.45, 2.75) is 51.0 Å². The van der Waals surface area contributed by atoms with Gasteiger partial charge in [-0.3, -0.25) is 4.79 Å². The fraction of sp³-hybridized carbons (Fsp3) is 0.846. The minimum absolute atomic E-state index is 0.00250. The highest BCUT2D eigenvalue weighted by molar-refractivity contribution is 7.80. The van der Waals surface area contributed by atoms with Crippen molar-refractivity contribution in [1.82, 2.24) is 5.32 Å². The molecule has 5 heteroatoms. The number of thiocarbonyl (C=S) groups is 1.